The minimum Gasteiger partial charge on any atom is -0.331 e. The zero-order valence-corrected chi connectivity index (χ0v) is 14.9. The van der Waals surface area contributed by atoms with Crippen LogP contribution in [0.4, 0.5) is 4.79 Å². The molecule has 2 amide bonds. The quantitative estimate of drug-likeness (QED) is 0.827. The summed E-state index contributed by atoms with van der Waals surface area (Å²) >= 11 is 9.30. The van der Waals surface area contributed by atoms with E-state index in [1.165, 1.54) is 5.56 Å². The third-order valence-corrected chi connectivity index (χ3v) is 4.51. The standard InChI is InChI=1S/C16H16BrClN4O/c1-9(15-19-7-11(17)8-20-15)21-16(23)22-14-5-2-10-6-12(18)3-4-13(10)14/h3-4,6-9,14H,2,5H2,1H3,(H2,21,22,23)/t9?,14-/m1/s1. The minimum absolute atomic E-state index is 0.0142. The number of carbonyl (C=O) groups is 1. The van der Waals surface area contributed by atoms with Gasteiger partial charge in [-0.25, -0.2) is 14.8 Å². The first kappa shape index (κ1) is 16.2. The van der Waals surface area contributed by atoms with Crippen LogP contribution in [0.15, 0.2) is 35.1 Å². The van der Waals surface area contributed by atoms with Crippen LogP contribution in [0.2, 0.25) is 5.02 Å². The van der Waals surface area contributed by atoms with E-state index < -0.39 is 0 Å². The van der Waals surface area contributed by atoms with Crippen LogP contribution in [-0.2, 0) is 6.42 Å². The van der Waals surface area contributed by atoms with E-state index in [1.54, 1.807) is 12.4 Å². The van der Waals surface area contributed by atoms with Crippen LogP contribution in [0.5, 0.6) is 0 Å². The van der Waals surface area contributed by atoms with Crippen molar-refractivity contribution in [3.63, 3.8) is 0 Å². The highest BCUT2D eigenvalue weighted by atomic mass is 79.9. The average Bonchev–Trinajstić information content (AvgIpc) is 2.89. The molecule has 7 heteroatoms. The smallest absolute Gasteiger partial charge is 0.315 e. The van der Waals surface area contributed by atoms with Gasteiger partial charge in [-0.3, -0.25) is 0 Å². The van der Waals surface area contributed by atoms with E-state index in [-0.39, 0.29) is 18.1 Å². The van der Waals surface area contributed by atoms with Crippen LogP contribution in [0.1, 0.15) is 42.4 Å². The average molecular weight is 396 g/mol. The normalized spacial score (nSPS) is 17.4. The second-order valence-electron chi connectivity index (χ2n) is 5.53. The van der Waals surface area contributed by atoms with Crippen LogP contribution in [0.25, 0.3) is 0 Å². The van der Waals surface area contributed by atoms with Gasteiger partial charge in [0.1, 0.15) is 5.82 Å². The third-order valence-electron chi connectivity index (χ3n) is 3.86. The van der Waals surface area contributed by atoms with Crippen molar-refractivity contribution < 1.29 is 4.79 Å². The number of aromatic nitrogens is 2. The Labute approximate surface area is 148 Å². The number of benzene rings is 1. The molecule has 0 radical (unpaired) electrons. The first-order valence-corrected chi connectivity index (χ1v) is 8.53. The van der Waals surface area contributed by atoms with Gasteiger partial charge < -0.3 is 10.6 Å². The highest BCUT2D eigenvalue weighted by Crippen LogP contribution is 2.32. The summed E-state index contributed by atoms with van der Waals surface area (Å²) in [6.45, 7) is 1.85. The minimum atomic E-state index is -0.269. The van der Waals surface area contributed by atoms with Crippen molar-refractivity contribution in [2.75, 3.05) is 0 Å². The van der Waals surface area contributed by atoms with Crippen molar-refractivity contribution in [2.24, 2.45) is 0 Å². The van der Waals surface area contributed by atoms with E-state index in [0.717, 1.165) is 27.9 Å². The van der Waals surface area contributed by atoms with Gasteiger partial charge >= 0.3 is 6.03 Å². The molecular weight excluding hydrogens is 380 g/mol. The maximum absolute atomic E-state index is 12.2. The van der Waals surface area contributed by atoms with Crippen LogP contribution in [0.3, 0.4) is 0 Å². The van der Waals surface area contributed by atoms with Gasteiger partial charge in [0.25, 0.3) is 0 Å². The lowest BCUT2D eigenvalue weighted by molar-refractivity contribution is 0.233. The Morgan fingerprint density at radius 2 is 2.13 bits per heavy atom. The number of nitrogens with one attached hydrogen (secondary N) is 2. The van der Waals surface area contributed by atoms with Gasteiger partial charge in [0.05, 0.1) is 16.6 Å². The van der Waals surface area contributed by atoms with Gasteiger partial charge in [-0.05, 0) is 59.0 Å². The zero-order valence-electron chi connectivity index (χ0n) is 12.5. The molecule has 1 aromatic carbocycles. The van der Waals surface area contributed by atoms with Gasteiger partial charge in [-0.2, -0.15) is 0 Å². The second-order valence-corrected chi connectivity index (χ2v) is 6.89. The summed E-state index contributed by atoms with van der Waals surface area (Å²) in [5.74, 6) is 0.571. The molecule has 2 atom stereocenters. The number of halogens is 2. The fourth-order valence-corrected chi connectivity index (χ4v) is 3.14. The van der Waals surface area contributed by atoms with Crippen LogP contribution in [0, 0.1) is 0 Å². The number of hydrogen-bond acceptors (Lipinski definition) is 3. The van der Waals surface area contributed by atoms with Crippen LogP contribution >= 0.6 is 27.5 Å². The van der Waals surface area contributed by atoms with Gasteiger partial charge in [-0.1, -0.05) is 17.7 Å². The lowest BCUT2D eigenvalue weighted by Gasteiger charge is -2.18. The zero-order chi connectivity index (χ0) is 16.4. The Kier molecular flexibility index (Phi) is 4.82. The maximum Gasteiger partial charge on any atom is 0.315 e. The van der Waals surface area contributed by atoms with E-state index >= 15 is 0 Å². The molecule has 120 valence electrons. The predicted octanol–water partition coefficient (Wildman–Crippen LogP) is 3.94. The fraction of sp³-hybridized carbons (Fsp3) is 0.312. The van der Waals surface area contributed by atoms with E-state index in [0.29, 0.717) is 5.82 Å². The molecule has 23 heavy (non-hydrogen) atoms. The molecule has 0 saturated carbocycles. The number of fused-ring (bicyclic) bond motifs is 1. The molecule has 0 aliphatic heterocycles. The Hall–Kier alpha value is -1.66. The maximum atomic E-state index is 12.2. The van der Waals surface area contributed by atoms with Crippen molar-refractivity contribution in [1.82, 2.24) is 20.6 Å². The Balaban J connectivity index is 1.61. The summed E-state index contributed by atoms with van der Waals surface area (Å²) < 4.78 is 0.805. The molecule has 0 bridgehead atoms. The van der Waals surface area contributed by atoms with Crippen molar-refractivity contribution in [3.05, 3.63) is 57.0 Å². The molecular formula is C16H16BrClN4O. The highest BCUT2D eigenvalue weighted by molar-refractivity contribution is 9.10. The molecule has 1 aliphatic carbocycles. The SMILES string of the molecule is CC(NC(=O)N[C@@H]1CCc2cc(Cl)ccc21)c1ncc(Br)cn1. The summed E-state index contributed by atoms with van der Waals surface area (Å²) in [6.07, 6.45) is 5.13. The molecule has 1 aliphatic rings. The molecule has 2 aromatic rings. The number of amides is 2. The lowest BCUT2D eigenvalue weighted by atomic mass is 10.1. The molecule has 0 fully saturated rings. The van der Waals surface area contributed by atoms with Crippen molar-refractivity contribution in [1.29, 1.82) is 0 Å². The van der Waals surface area contributed by atoms with E-state index in [2.05, 4.69) is 36.5 Å². The van der Waals surface area contributed by atoms with E-state index in [4.69, 9.17) is 11.6 Å². The number of urea groups is 1. The monoisotopic (exact) mass is 394 g/mol. The summed E-state index contributed by atoms with van der Waals surface area (Å²) in [5, 5.41) is 6.61. The number of nitrogens with zero attached hydrogens (tertiary/aromatic N) is 2. The second kappa shape index (κ2) is 6.84. The molecule has 5 nitrogen and oxygen atoms in total. The predicted molar refractivity (Wildman–Crippen MR) is 92.3 cm³/mol. The number of rotatable bonds is 3. The van der Waals surface area contributed by atoms with Gasteiger partial charge in [-0.15, -0.1) is 0 Å². The molecule has 0 spiro atoms. The van der Waals surface area contributed by atoms with E-state index in [1.807, 2.05) is 25.1 Å². The van der Waals surface area contributed by atoms with Gasteiger partial charge in [0.2, 0.25) is 0 Å². The number of carbonyl (C=O) groups excluding carboxylic acids is 1. The molecule has 1 aromatic heterocycles. The van der Waals surface area contributed by atoms with Gasteiger partial charge in [0, 0.05) is 17.4 Å². The van der Waals surface area contributed by atoms with Crippen molar-refractivity contribution in [2.45, 2.75) is 31.8 Å². The number of aryl methyl sites for hydroxylation is 1. The molecule has 0 saturated heterocycles. The molecule has 3 rings (SSSR count). The summed E-state index contributed by atoms with van der Waals surface area (Å²) in [5.41, 5.74) is 2.34. The highest BCUT2D eigenvalue weighted by Gasteiger charge is 2.24. The van der Waals surface area contributed by atoms with Crippen LogP contribution in [-0.4, -0.2) is 16.0 Å². The summed E-state index contributed by atoms with van der Waals surface area (Å²) in [6, 6.07) is 5.33. The molecule has 2 N–H and O–H groups in total. The number of hydrogen-bond donors (Lipinski definition) is 2. The third kappa shape index (κ3) is 3.82. The first-order valence-electron chi connectivity index (χ1n) is 7.35. The van der Waals surface area contributed by atoms with Crippen LogP contribution < -0.4 is 10.6 Å². The Morgan fingerprint density at radius 1 is 1.39 bits per heavy atom. The Morgan fingerprint density at radius 3 is 2.87 bits per heavy atom. The largest absolute Gasteiger partial charge is 0.331 e. The first-order chi connectivity index (χ1) is 11.0. The van der Waals surface area contributed by atoms with Crippen molar-refractivity contribution >= 4 is 33.6 Å². The van der Waals surface area contributed by atoms with Crippen molar-refractivity contribution in [3.8, 4) is 0 Å². The molecule has 1 unspecified atom stereocenters. The summed E-state index contributed by atoms with van der Waals surface area (Å²) in [7, 11) is 0. The fourth-order valence-electron chi connectivity index (χ4n) is 2.74. The van der Waals surface area contributed by atoms with E-state index in [9.17, 15) is 4.79 Å². The topological polar surface area (TPSA) is 66.9 Å². The molecule has 1 heterocycles. The Bertz CT molecular complexity index is 723. The summed E-state index contributed by atoms with van der Waals surface area (Å²) in [4.78, 5) is 20.6. The van der Waals surface area contributed by atoms with Gasteiger partial charge in [0.15, 0.2) is 0 Å². The lowest BCUT2D eigenvalue weighted by Crippen LogP contribution is -2.39.